The zero-order chi connectivity index (χ0) is 18.4. The normalized spacial score (nSPS) is 12.6. The maximum Gasteiger partial charge on any atom is 0.110 e. The number of aliphatic hydroxyl groups excluding tert-OH is 2. The van der Waals surface area contributed by atoms with Crippen molar-refractivity contribution in [2.24, 2.45) is 0 Å². The average Bonchev–Trinajstić information content (AvgIpc) is 2.99. The Hall–Kier alpha value is -1.92. The van der Waals surface area contributed by atoms with E-state index in [1.54, 1.807) is 0 Å². The Kier molecular flexibility index (Phi) is 6.63. The van der Waals surface area contributed by atoms with E-state index in [2.05, 4.69) is 4.98 Å². The highest BCUT2D eigenvalue weighted by Gasteiger charge is 2.14. The summed E-state index contributed by atoms with van der Waals surface area (Å²) in [5.74, 6) is 0.872. The number of fused-ring (bicyclic) bond motifs is 1. The first kappa shape index (κ1) is 18.9. The molecule has 0 radical (unpaired) electrons. The van der Waals surface area contributed by atoms with Crippen LogP contribution in [-0.4, -0.2) is 39.1 Å². The Labute approximate surface area is 157 Å². The Morgan fingerprint density at radius 1 is 1.12 bits per heavy atom. The van der Waals surface area contributed by atoms with Crippen LogP contribution in [0, 0.1) is 0 Å². The predicted molar refractivity (Wildman–Crippen MR) is 102 cm³/mol. The van der Waals surface area contributed by atoms with Gasteiger partial charge in [0.2, 0.25) is 0 Å². The molecule has 3 aromatic rings. The highest BCUT2D eigenvalue weighted by molar-refractivity contribution is 6.30. The van der Waals surface area contributed by atoms with Crippen molar-refractivity contribution in [3.05, 3.63) is 64.9 Å². The van der Waals surface area contributed by atoms with Gasteiger partial charge in [-0.1, -0.05) is 35.9 Å². The second-order valence-electron chi connectivity index (χ2n) is 6.25. The number of rotatable bonds is 9. The number of hydrogen-bond acceptors (Lipinski definition) is 4. The van der Waals surface area contributed by atoms with Crippen LogP contribution in [0.1, 0.15) is 17.8 Å². The minimum absolute atomic E-state index is 0.121. The highest BCUT2D eigenvalue weighted by Crippen LogP contribution is 2.18. The molecule has 0 saturated heterocycles. The Morgan fingerprint density at radius 2 is 1.88 bits per heavy atom. The van der Waals surface area contributed by atoms with Crippen molar-refractivity contribution in [2.45, 2.75) is 32.1 Å². The summed E-state index contributed by atoms with van der Waals surface area (Å²) in [6, 6.07) is 15.3. The van der Waals surface area contributed by atoms with Gasteiger partial charge >= 0.3 is 0 Å². The fourth-order valence-corrected chi connectivity index (χ4v) is 3.04. The van der Waals surface area contributed by atoms with Crippen molar-refractivity contribution in [3.8, 4) is 0 Å². The van der Waals surface area contributed by atoms with Crippen LogP contribution in [0.2, 0.25) is 5.02 Å². The summed E-state index contributed by atoms with van der Waals surface area (Å²) in [5.41, 5.74) is 2.89. The molecule has 0 aliphatic carbocycles. The molecule has 0 amide bonds. The lowest BCUT2D eigenvalue weighted by molar-refractivity contribution is 0.0205. The van der Waals surface area contributed by atoms with Gasteiger partial charge in [-0.2, -0.15) is 0 Å². The predicted octanol–water partition coefficient (Wildman–Crippen LogP) is 3.19. The molecule has 138 valence electrons. The number of halogens is 1. The largest absolute Gasteiger partial charge is 0.396 e. The molecule has 1 heterocycles. The zero-order valence-corrected chi connectivity index (χ0v) is 15.3. The first-order chi connectivity index (χ1) is 12.7. The summed E-state index contributed by atoms with van der Waals surface area (Å²) in [7, 11) is 0. The smallest absolute Gasteiger partial charge is 0.110 e. The van der Waals surface area contributed by atoms with Crippen LogP contribution in [0.5, 0.6) is 0 Å². The molecule has 2 N–H and O–H groups in total. The molecule has 0 aliphatic heterocycles. The zero-order valence-electron chi connectivity index (χ0n) is 14.5. The molecule has 0 saturated carbocycles. The van der Waals surface area contributed by atoms with Gasteiger partial charge in [-0.05, 0) is 36.2 Å². The summed E-state index contributed by atoms with van der Waals surface area (Å²) < 4.78 is 7.65. The number of ether oxygens (including phenoxy) is 1. The van der Waals surface area contributed by atoms with Gasteiger partial charge in [0, 0.05) is 18.1 Å². The lowest BCUT2D eigenvalue weighted by Crippen LogP contribution is -2.23. The molecule has 0 spiro atoms. The minimum Gasteiger partial charge on any atom is -0.396 e. The van der Waals surface area contributed by atoms with Crippen LogP contribution in [0.15, 0.2) is 48.5 Å². The summed E-state index contributed by atoms with van der Waals surface area (Å²) in [6.45, 7) is 1.18. The van der Waals surface area contributed by atoms with Crippen LogP contribution in [-0.2, 0) is 24.3 Å². The minimum atomic E-state index is -0.646. The third-order valence-corrected chi connectivity index (χ3v) is 4.43. The SMILES string of the molecule is OCCCc1nc2ccccc2n1C[C@H](O)COCc1ccc(Cl)cc1. The van der Waals surface area contributed by atoms with E-state index in [1.807, 2.05) is 53.1 Å². The number of benzene rings is 2. The molecule has 1 atom stereocenters. The average molecular weight is 375 g/mol. The van der Waals surface area contributed by atoms with Crippen LogP contribution in [0.25, 0.3) is 11.0 Å². The molecule has 0 bridgehead atoms. The van der Waals surface area contributed by atoms with E-state index in [1.165, 1.54) is 0 Å². The van der Waals surface area contributed by atoms with Crippen molar-refractivity contribution < 1.29 is 14.9 Å². The van der Waals surface area contributed by atoms with Gasteiger partial charge in [0.25, 0.3) is 0 Å². The lowest BCUT2D eigenvalue weighted by Gasteiger charge is -2.15. The van der Waals surface area contributed by atoms with Crippen molar-refractivity contribution >= 4 is 22.6 Å². The van der Waals surface area contributed by atoms with Gasteiger partial charge in [0.1, 0.15) is 5.82 Å². The van der Waals surface area contributed by atoms with Crippen LogP contribution < -0.4 is 0 Å². The van der Waals surface area contributed by atoms with Gasteiger partial charge in [-0.15, -0.1) is 0 Å². The summed E-state index contributed by atoms with van der Waals surface area (Å²) in [4.78, 5) is 4.63. The quantitative estimate of drug-likeness (QED) is 0.603. The number of aliphatic hydroxyl groups is 2. The number of imidazole rings is 1. The molecule has 26 heavy (non-hydrogen) atoms. The van der Waals surface area contributed by atoms with Gasteiger partial charge in [0.15, 0.2) is 0 Å². The van der Waals surface area contributed by atoms with Gasteiger partial charge < -0.3 is 19.5 Å². The third kappa shape index (κ3) is 4.83. The fourth-order valence-electron chi connectivity index (χ4n) is 2.91. The van der Waals surface area contributed by atoms with E-state index in [4.69, 9.17) is 21.4 Å². The number of para-hydroxylation sites is 2. The van der Waals surface area contributed by atoms with Crippen LogP contribution >= 0.6 is 11.6 Å². The van der Waals surface area contributed by atoms with Crippen LogP contribution in [0.3, 0.4) is 0 Å². The standard InChI is InChI=1S/C20H23ClN2O3/c21-16-9-7-15(8-10-16)13-26-14-17(25)12-23-19-5-2-1-4-18(19)22-20(23)6-3-11-24/h1-2,4-5,7-10,17,24-25H,3,6,11-14H2/t17-/m0/s1. The summed E-state index contributed by atoms with van der Waals surface area (Å²) in [6.07, 6.45) is 0.670. The summed E-state index contributed by atoms with van der Waals surface area (Å²) in [5, 5.41) is 20.2. The highest BCUT2D eigenvalue weighted by atomic mass is 35.5. The monoisotopic (exact) mass is 374 g/mol. The Balaban J connectivity index is 1.62. The van der Waals surface area contributed by atoms with Crippen molar-refractivity contribution in [3.63, 3.8) is 0 Å². The van der Waals surface area contributed by atoms with E-state index in [0.717, 1.165) is 22.4 Å². The first-order valence-corrected chi connectivity index (χ1v) is 9.10. The number of aryl methyl sites for hydroxylation is 1. The van der Waals surface area contributed by atoms with Gasteiger partial charge in [-0.25, -0.2) is 4.98 Å². The van der Waals surface area contributed by atoms with Crippen molar-refractivity contribution in [2.75, 3.05) is 13.2 Å². The maximum absolute atomic E-state index is 10.4. The van der Waals surface area contributed by atoms with Crippen LogP contribution in [0.4, 0.5) is 0 Å². The molecule has 3 rings (SSSR count). The van der Waals surface area contributed by atoms with Crippen molar-refractivity contribution in [1.82, 2.24) is 9.55 Å². The Morgan fingerprint density at radius 3 is 2.65 bits per heavy atom. The first-order valence-electron chi connectivity index (χ1n) is 8.72. The molecule has 5 nitrogen and oxygen atoms in total. The number of aromatic nitrogens is 2. The Bertz CT molecular complexity index is 833. The van der Waals surface area contributed by atoms with Gasteiger partial charge in [0.05, 0.1) is 36.9 Å². The van der Waals surface area contributed by atoms with Crippen molar-refractivity contribution in [1.29, 1.82) is 0 Å². The second kappa shape index (κ2) is 9.14. The third-order valence-electron chi connectivity index (χ3n) is 4.18. The topological polar surface area (TPSA) is 67.5 Å². The lowest BCUT2D eigenvalue weighted by atomic mass is 10.2. The van der Waals surface area contributed by atoms with E-state index in [9.17, 15) is 5.11 Å². The molecule has 0 fully saturated rings. The molecule has 0 unspecified atom stereocenters. The van der Waals surface area contributed by atoms with E-state index < -0.39 is 6.10 Å². The molecule has 0 aliphatic rings. The molecule has 1 aromatic heterocycles. The maximum atomic E-state index is 10.4. The van der Waals surface area contributed by atoms with E-state index in [-0.39, 0.29) is 13.2 Å². The molecular formula is C20H23ClN2O3. The van der Waals surface area contributed by atoms with E-state index >= 15 is 0 Å². The van der Waals surface area contributed by atoms with Gasteiger partial charge in [-0.3, -0.25) is 0 Å². The molecular weight excluding hydrogens is 352 g/mol. The summed E-state index contributed by atoms with van der Waals surface area (Å²) >= 11 is 5.87. The number of nitrogens with zero attached hydrogens (tertiary/aromatic N) is 2. The molecule has 6 heteroatoms. The molecule has 2 aromatic carbocycles. The number of hydrogen-bond donors (Lipinski definition) is 2. The fraction of sp³-hybridized carbons (Fsp3) is 0.350. The second-order valence-corrected chi connectivity index (χ2v) is 6.69. The van der Waals surface area contributed by atoms with E-state index in [0.29, 0.717) is 31.0 Å².